The van der Waals surface area contributed by atoms with Crippen LogP contribution in [0.5, 0.6) is 0 Å². The molecule has 0 atom stereocenters. The van der Waals surface area contributed by atoms with Crippen LogP contribution in [0.3, 0.4) is 0 Å². The lowest BCUT2D eigenvalue weighted by Gasteiger charge is -2.32. The van der Waals surface area contributed by atoms with E-state index >= 15 is 0 Å². The van der Waals surface area contributed by atoms with Crippen molar-refractivity contribution < 1.29 is 9.53 Å². The molecular formula is C24H40IN5O2. The van der Waals surface area contributed by atoms with Crippen molar-refractivity contribution in [3.8, 4) is 0 Å². The normalized spacial score (nSPS) is 18.4. The maximum Gasteiger partial charge on any atom is 0.409 e. The van der Waals surface area contributed by atoms with Gasteiger partial charge in [0.2, 0.25) is 0 Å². The Kier molecular flexibility index (Phi) is 12.2. The Morgan fingerprint density at radius 1 is 1.06 bits per heavy atom. The molecule has 2 aliphatic rings. The van der Waals surface area contributed by atoms with Crippen molar-refractivity contribution in [2.75, 3.05) is 39.8 Å². The molecule has 3 rings (SSSR count). The summed E-state index contributed by atoms with van der Waals surface area (Å²) >= 11 is 0. The third-order valence-corrected chi connectivity index (χ3v) is 6.24. The Morgan fingerprint density at radius 2 is 1.72 bits per heavy atom. The molecule has 7 nitrogen and oxygen atoms in total. The summed E-state index contributed by atoms with van der Waals surface area (Å²) in [6, 6.07) is 9.03. The fourth-order valence-electron chi connectivity index (χ4n) is 4.41. The number of nitrogens with one attached hydrogen (secondary N) is 2. The molecule has 0 radical (unpaired) electrons. The number of benzene rings is 1. The summed E-state index contributed by atoms with van der Waals surface area (Å²) in [6.07, 6.45) is 6.93. The maximum absolute atomic E-state index is 11.9. The van der Waals surface area contributed by atoms with Crippen LogP contribution in [0, 0.1) is 0 Å². The van der Waals surface area contributed by atoms with Gasteiger partial charge in [0.15, 0.2) is 5.96 Å². The van der Waals surface area contributed by atoms with Gasteiger partial charge in [-0.2, -0.15) is 0 Å². The first-order valence-corrected chi connectivity index (χ1v) is 11.9. The summed E-state index contributed by atoms with van der Waals surface area (Å²) in [5.74, 6) is 0.819. The number of amides is 1. The fourth-order valence-corrected chi connectivity index (χ4v) is 4.41. The van der Waals surface area contributed by atoms with Crippen molar-refractivity contribution >= 4 is 36.0 Å². The van der Waals surface area contributed by atoms with Gasteiger partial charge in [-0.25, -0.2) is 4.79 Å². The number of likely N-dealkylation sites (tertiary alicyclic amines) is 2. The van der Waals surface area contributed by atoms with Gasteiger partial charge in [-0.3, -0.25) is 9.89 Å². The molecule has 1 amide bonds. The number of piperidine rings is 1. The topological polar surface area (TPSA) is 69.2 Å². The van der Waals surface area contributed by atoms with E-state index in [1.54, 1.807) is 4.90 Å². The number of aliphatic imine (C=N–C) groups is 1. The first kappa shape index (κ1) is 26.7. The van der Waals surface area contributed by atoms with Gasteiger partial charge in [0.25, 0.3) is 0 Å². The maximum atomic E-state index is 11.9. The lowest BCUT2D eigenvalue weighted by atomic mass is 10.1. The molecule has 2 aliphatic heterocycles. The monoisotopic (exact) mass is 557 g/mol. The van der Waals surface area contributed by atoms with E-state index < -0.39 is 0 Å². The highest BCUT2D eigenvalue weighted by Gasteiger charge is 2.24. The fraction of sp³-hybridized carbons (Fsp3) is 0.667. The molecule has 0 aromatic heterocycles. The predicted octanol–water partition coefficient (Wildman–Crippen LogP) is 3.97. The highest BCUT2D eigenvalue weighted by molar-refractivity contribution is 14.0. The van der Waals surface area contributed by atoms with Crippen LogP contribution >= 0.6 is 24.0 Å². The molecule has 8 heteroatoms. The molecule has 1 aromatic carbocycles. The molecule has 180 valence electrons. The minimum absolute atomic E-state index is 0. The van der Waals surface area contributed by atoms with E-state index in [2.05, 4.69) is 44.8 Å². The molecule has 1 aromatic rings. The quantitative estimate of drug-likeness (QED) is 0.315. The number of rotatable bonds is 6. The number of hydrogen-bond acceptors (Lipinski definition) is 4. The van der Waals surface area contributed by atoms with E-state index in [0.29, 0.717) is 25.7 Å². The molecule has 2 N–H and O–H groups in total. The van der Waals surface area contributed by atoms with E-state index in [4.69, 9.17) is 4.74 Å². The Hall–Kier alpha value is -1.55. The molecule has 2 fully saturated rings. The number of hydrogen-bond donors (Lipinski definition) is 2. The van der Waals surface area contributed by atoms with Gasteiger partial charge >= 0.3 is 6.09 Å². The number of nitrogens with zero attached hydrogens (tertiary/aromatic N) is 3. The number of guanidine groups is 1. The smallest absolute Gasteiger partial charge is 0.409 e. The Balaban J connectivity index is 0.00000363. The van der Waals surface area contributed by atoms with Crippen LogP contribution in [0.4, 0.5) is 4.79 Å². The second-order valence-corrected chi connectivity index (χ2v) is 8.49. The van der Waals surface area contributed by atoms with Crippen molar-refractivity contribution in [2.45, 2.75) is 64.6 Å². The van der Waals surface area contributed by atoms with Gasteiger partial charge < -0.3 is 20.3 Å². The van der Waals surface area contributed by atoms with Crippen molar-refractivity contribution in [3.05, 3.63) is 35.4 Å². The van der Waals surface area contributed by atoms with E-state index in [0.717, 1.165) is 31.9 Å². The highest BCUT2D eigenvalue weighted by atomic mass is 127. The van der Waals surface area contributed by atoms with Gasteiger partial charge in [-0.15, -0.1) is 24.0 Å². The highest BCUT2D eigenvalue weighted by Crippen LogP contribution is 2.16. The van der Waals surface area contributed by atoms with E-state index in [1.165, 1.54) is 49.9 Å². The summed E-state index contributed by atoms with van der Waals surface area (Å²) in [4.78, 5) is 20.7. The number of ether oxygens (including phenoxy) is 1. The van der Waals surface area contributed by atoms with Crippen LogP contribution in [-0.4, -0.2) is 67.7 Å². The van der Waals surface area contributed by atoms with Crippen LogP contribution in [0.25, 0.3) is 0 Å². The lowest BCUT2D eigenvalue weighted by Crippen LogP contribution is -2.49. The number of carbonyl (C=O) groups excluding carboxylic acids is 1. The first-order chi connectivity index (χ1) is 15.2. The van der Waals surface area contributed by atoms with Crippen LogP contribution in [0.2, 0.25) is 0 Å². The molecule has 0 spiro atoms. The molecule has 2 saturated heterocycles. The summed E-state index contributed by atoms with van der Waals surface area (Å²) in [6.45, 7) is 7.88. The predicted molar refractivity (Wildman–Crippen MR) is 141 cm³/mol. The van der Waals surface area contributed by atoms with Gasteiger partial charge in [-0.1, -0.05) is 37.1 Å². The average molecular weight is 558 g/mol. The number of carbonyl (C=O) groups is 1. The zero-order valence-corrected chi connectivity index (χ0v) is 22.0. The molecule has 0 bridgehead atoms. The Morgan fingerprint density at radius 3 is 2.34 bits per heavy atom. The molecule has 0 aliphatic carbocycles. The summed E-state index contributed by atoms with van der Waals surface area (Å²) < 4.78 is 5.11. The Labute approximate surface area is 210 Å². The summed E-state index contributed by atoms with van der Waals surface area (Å²) in [7, 11) is 1.81. The molecule has 0 saturated carbocycles. The van der Waals surface area contributed by atoms with E-state index in [9.17, 15) is 4.79 Å². The SMILES string of the molecule is CCOC(=O)N1CCC(NC(=NC)NCc2ccccc2CN2CCCCCC2)CC1.I. The standard InChI is InChI=1S/C24H39N5O2.HI/c1-3-31-24(30)29-16-12-22(13-17-29)27-23(25-2)26-18-20-10-6-7-11-21(20)19-28-14-8-4-5-9-15-28;/h6-7,10-11,22H,3-5,8-9,12-19H2,1-2H3,(H2,25,26,27);1H. The first-order valence-electron chi connectivity index (χ1n) is 11.9. The van der Waals surface area contributed by atoms with Crippen molar-refractivity contribution in [1.82, 2.24) is 20.4 Å². The second-order valence-electron chi connectivity index (χ2n) is 8.49. The number of halogens is 1. The van der Waals surface area contributed by atoms with Gasteiger partial charge in [0, 0.05) is 39.3 Å². The average Bonchev–Trinajstić information content (AvgIpc) is 3.07. The van der Waals surface area contributed by atoms with Gasteiger partial charge in [-0.05, 0) is 56.8 Å². The minimum atomic E-state index is -0.204. The third-order valence-electron chi connectivity index (χ3n) is 6.24. The zero-order valence-electron chi connectivity index (χ0n) is 19.6. The largest absolute Gasteiger partial charge is 0.450 e. The van der Waals surface area contributed by atoms with Crippen LogP contribution in [0.15, 0.2) is 29.3 Å². The van der Waals surface area contributed by atoms with Crippen molar-refractivity contribution in [1.29, 1.82) is 0 Å². The summed E-state index contributed by atoms with van der Waals surface area (Å²) in [5, 5.41) is 7.02. The van der Waals surface area contributed by atoms with Crippen LogP contribution < -0.4 is 10.6 Å². The zero-order chi connectivity index (χ0) is 21.9. The minimum Gasteiger partial charge on any atom is -0.450 e. The molecular weight excluding hydrogens is 517 g/mol. The van der Waals surface area contributed by atoms with Crippen molar-refractivity contribution in [3.63, 3.8) is 0 Å². The molecule has 2 heterocycles. The lowest BCUT2D eigenvalue weighted by molar-refractivity contribution is 0.0963. The second kappa shape index (κ2) is 14.6. The third kappa shape index (κ3) is 8.42. The molecule has 0 unspecified atom stereocenters. The van der Waals surface area contributed by atoms with E-state index in [1.807, 2.05) is 14.0 Å². The van der Waals surface area contributed by atoms with Gasteiger partial charge in [0.1, 0.15) is 0 Å². The van der Waals surface area contributed by atoms with Crippen LogP contribution in [0.1, 0.15) is 56.6 Å². The van der Waals surface area contributed by atoms with Gasteiger partial charge in [0.05, 0.1) is 6.61 Å². The summed E-state index contributed by atoms with van der Waals surface area (Å²) in [5.41, 5.74) is 2.72. The Bertz CT molecular complexity index is 714. The van der Waals surface area contributed by atoms with Crippen LogP contribution in [-0.2, 0) is 17.8 Å². The molecule has 32 heavy (non-hydrogen) atoms. The van der Waals surface area contributed by atoms with Crippen molar-refractivity contribution in [2.24, 2.45) is 4.99 Å². The van der Waals surface area contributed by atoms with E-state index in [-0.39, 0.29) is 30.1 Å².